The van der Waals surface area contributed by atoms with E-state index < -0.39 is 15.8 Å². The molecule has 1 aromatic carbocycles. The van der Waals surface area contributed by atoms with Crippen LogP contribution >= 0.6 is 11.3 Å². The maximum absolute atomic E-state index is 13.7. The Labute approximate surface area is 121 Å². The number of halogens is 1. The smallest absolute Gasteiger partial charge is 0.273 e. The summed E-state index contributed by atoms with van der Waals surface area (Å²) in [6, 6.07) is 7.33. The molecule has 7 heteroatoms. The highest BCUT2D eigenvalue weighted by Gasteiger charge is 2.25. The van der Waals surface area contributed by atoms with E-state index in [1.165, 1.54) is 25.2 Å². The molecule has 0 spiro atoms. The number of hydrogen-bond donors (Lipinski definition) is 1. The average Bonchev–Trinajstić information content (AvgIpc) is 2.80. The van der Waals surface area contributed by atoms with Crippen LogP contribution in [0.4, 0.5) is 10.1 Å². The van der Waals surface area contributed by atoms with Crippen LogP contribution in [0, 0.1) is 12.7 Å². The number of benzene rings is 1. The second-order valence-corrected chi connectivity index (χ2v) is 7.63. The second kappa shape index (κ2) is 5.51. The van der Waals surface area contributed by atoms with Crippen molar-refractivity contribution in [2.75, 3.05) is 11.4 Å². The van der Waals surface area contributed by atoms with Gasteiger partial charge in [0.15, 0.2) is 0 Å². The standard InChI is InChI=1S/C13H15FN2O2S2/c1-9-7-13(19-12(9)8-15)20(17,18)16(2)11-6-4-3-5-10(11)14/h3-7H,8,15H2,1-2H3. The summed E-state index contributed by atoms with van der Waals surface area (Å²) in [5.41, 5.74) is 6.41. The highest BCUT2D eigenvalue weighted by molar-refractivity contribution is 7.94. The van der Waals surface area contributed by atoms with Crippen LogP contribution < -0.4 is 10.0 Å². The molecular formula is C13H15FN2O2S2. The van der Waals surface area contributed by atoms with Gasteiger partial charge < -0.3 is 5.73 Å². The molecule has 108 valence electrons. The molecule has 0 aliphatic heterocycles. The van der Waals surface area contributed by atoms with Crippen molar-refractivity contribution in [3.63, 3.8) is 0 Å². The fraction of sp³-hybridized carbons (Fsp3) is 0.231. The Bertz CT molecular complexity index is 726. The molecule has 4 nitrogen and oxygen atoms in total. The number of hydrogen-bond acceptors (Lipinski definition) is 4. The van der Waals surface area contributed by atoms with Crippen molar-refractivity contribution >= 4 is 27.0 Å². The van der Waals surface area contributed by atoms with Gasteiger partial charge in [-0.2, -0.15) is 0 Å². The molecule has 0 amide bonds. The minimum Gasteiger partial charge on any atom is -0.326 e. The van der Waals surface area contributed by atoms with E-state index in [9.17, 15) is 12.8 Å². The van der Waals surface area contributed by atoms with E-state index in [4.69, 9.17) is 5.73 Å². The molecule has 2 aromatic rings. The molecule has 0 saturated carbocycles. The summed E-state index contributed by atoms with van der Waals surface area (Å²) in [5, 5.41) is 0. The van der Waals surface area contributed by atoms with Crippen LogP contribution in [-0.4, -0.2) is 15.5 Å². The quantitative estimate of drug-likeness (QED) is 0.943. The van der Waals surface area contributed by atoms with Crippen LogP contribution in [0.5, 0.6) is 0 Å². The molecule has 0 bridgehead atoms. The lowest BCUT2D eigenvalue weighted by molar-refractivity contribution is 0.591. The Balaban J connectivity index is 2.47. The number of anilines is 1. The first-order chi connectivity index (χ1) is 9.37. The van der Waals surface area contributed by atoms with E-state index in [0.717, 1.165) is 26.1 Å². The molecule has 0 aliphatic carbocycles. The molecule has 0 atom stereocenters. The number of rotatable bonds is 4. The monoisotopic (exact) mass is 314 g/mol. The minimum atomic E-state index is -3.77. The van der Waals surface area contributed by atoms with Gasteiger partial charge in [-0.05, 0) is 30.7 Å². The van der Waals surface area contributed by atoms with Gasteiger partial charge in [-0.15, -0.1) is 11.3 Å². The second-order valence-electron chi connectivity index (χ2n) is 4.30. The third-order valence-corrected chi connectivity index (χ3v) is 6.47. The first kappa shape index (κ1) is 15.0. The van der Waals surface area contributed by atoms with E-state index in [2.05, 4.69) is 0 Å². The molecule has 1 heterocycles. The van der Waals surface area contributed by atoms with E-state index in [1.54, 1.807) is 19.1 Å². The first-order valence-corrected chi connectivity index (χ1v) is 8.16. The minimum absolute atomic E-state index is 0.0212. The van der Waals surface area contributed by atoms with Crippen molar-refractivity contribution in [3.8, 4) is 0 Å². The van der Waals surface area contributed by atoms with Crippen molar-refractivity contribution in [1.82, 2.24) is 0 Å². The normalized spacial score (nSPS) is 11.6. The van der Waals surface area contributed by atoms with E-state index in [-0.39, 0.29) is 16.4 Å². The summed E-state index contributed by atoms with van der Waals surface area (Å²) in [6.07, 6.45) is 0. The van der Waals surface area contributed by atoms with Gasteiger partial charge in [0.05, 0.1) is 5.69 Å². The van der Waals surface area contributed by atoms with Crippen molar-refractivity contribution in [2.45, 2.75) is 17.7 Å². The van der Waals surface area contributed by atoms with Gasteiger partial charge >= 0.3 is 0 Å². The highest BCUT2D eigenvalue weighted by Crippen LogP contribution is 2.30. The van der Waals surface area contributed by atoms with Crippen molar-refractivity contribution < 1.29 is 12.8 Å². The maximum Gasteiger partial charge on any atom is 0.273 e. The largest absolute Gasteiger partial charge is 0.326 e. The Hall–Kier alpha value is -1.44. The number of sulfonamides is 1. The number of nitrogens with two attached hydrogens (primary N) is 1. The lowest BCUT2D eigenvalue weighted by Gasteiger charge is -2.18. The van der Waals surface area contributed by atoms with Crippen molar-refractivity contribution in [3.05, 3.63) is 46.6 Å². The van der Waals surface area contributed by atoms with Crippen LogP contribution in [0.15, 0.2) is 34.5 Å². The van der Waals surface area contributed by atoms with Gasteiger partial charge in [0, 0.05) is 18.5 Å². The topological polar surface area (TPSA) is 63.4 Å². The summed E-state index contributed by atoms with van der Waals surface area (Å²) >= 11 is 1.12. The fourth-order valence-electron chi connectivity index (χ4n) is 1.79. The Morgan fingerprint density at radius 1 is 1.35 bits per heavy atom. The zero-order chi connectivity index (χ0) is 14.9. The molecule has 1 aromatic heterocycles. The van der Waals surface area contributed by atoms with Crippen LogP contribution in [0.1, 0.15) is 10.4 Å². The summed E-state index contributed by atoms with van der Waals surface area (Å²) in [7, 11) is -2.43. The highest BCUT2D eigenvalue weighted by atomic mass is 32.2. The molecule has 0 fully saturated rings. The predicted octanol–water partition coefficient (Wildman–Crippen LogP) is 2.48. The Morgan fingerprint density at radius 3 is 2.55 bits per heavy atom. The fourth-order valence-corrected chi connectivity index (χ4v) is 4.63. The van der Waals surface area contributed by atoms with Gasteiger partial charge in [-0.3, -0.25) is 4.31 Å². The van der Waals surface area contributed by atoms with E-state index >= 15 is 0 Å². The van der Waals surface area contributed by atoms with Crippen LogP contribution in [0.25, 0.3) is 0 Å². The van der Waals surface area contributed by atoms with Crippen molar-refractivity contribution in [2.24, 2.45) is 5.73 Å². The zero-order valence-corrected chi connectivity index (χ0v) is 12.8. The summed E-state index contributed by atoms with van der Waals surface area (Å²) < 4.78 is 39.8. The van der Waals surface area contributed by atoms with Gasteiger partial charge in [0.2, 0.25) is 0 Å². The maximum atomic E-state index is 13.7. The molecule has 0 aliphatic rings. The molecule has 2 rings (SSSR count). The first-order valence-electron chi connectivity index (χ1n) is 5.90. The molecular weight excluding hydrogens is 299 g/mol. The van der Waals surface area contributed by atoms with Gasteiger partial charge in [-0.25, -0.2) is 12.8 Å². The number of para-hydroxylation sites is 1. The number of nitrogens with zero attached hydrogens (tertiary/aromatic N) is 1. The van der Waals surface area contributed by atoms with Gasteiger partial charge in [-0.1, -0.05) is 12.1 Å². The summed E-state index contributed by atoms with van der Waals surface area (Å²) in [6.45, 7) is 2.09. The van der Waals surface area contributed by atoms with Gasteiger partial charge in [0.1, 0.15) is 10.0 Å². The molecule has 0 unspecified atom stereocenters. The lowest BCUT2D eigenvalue weighted by Crippen LogP contribution is -2.26. The number of thiophene rings is 1. The SMILES string of the molecule is Cc1cc(S(=O)(=O)N(C)c2ccccc2F)sc1CN. The zero-order valence-electron chi connectivity index (χ0n) is 11.1. The molecule has 0 saturated heterocycles. The summed E-state index contributed by atoms with van der Waals surface area (Å²) in [4.78, 5) is 0.811. The van der Waals surface area contributed by atoms with Gasteiger partial charge in [0.25, 0.3) is 10.0 Å². The van der Waals surface area contributed by atoms with Crippen LogP contribution in [0.2, 0.25) is 0 Å². The third kappa shape index (κ3) is 2.56. The van der Waals surface area contributed by atoms with E-state index in [0.29, 0.717) is 0 Å². The Kier molecular flexibility index (Phi) is 4.12. The van der Waals surface area contributed by atoms with Crippen molar-refractivity contribution in [1.29, 1.82) is 0 Å². The van der Waals surface area contributed by atoms with Crippen LogP contribution in [0.3, 0.4) is 0 Å². The van der Waals surface area contributed by atoms with Crippen LogP contribution in [-0.2, 0) is 16.6 Å². The van der Waals surface area contributed by atoms with E-state index in [1.807, 2.05) is 0 Å². The predicted molar refractivity (Wildman–Crippen MR) is 78.9 cm³/mol. The number of aryl methyl sites for hydroxylation is 1. The molecule has 2 N–H and O–H groups in total. The summed E-state index contributed by atoms with van der Waals surface area (Å²) in [5.74, 6) is -0.578. The third-order valence-electron chi connectivity index (χ3n) is 2.99. The lowest BCUT2D eigenvalue weighted by atomic mass is 10.3. The average molecular weight is 314 g/mol. The molecule has 0 radical (unpaired) electrons. The molecule has 20 heavy (non-hydrogen) atoms. The Morgan fingerprint density at radius 2 is 2.00 bits per heavy atom.